The predicted octanol–water partition coefficient (Wildman–Crippen LogP) is 5.74. The number of amides is 1. The van der Waals surface area contributed by atoms with Crippen molar-refractivity contribution >= 4 is 29.0 Å². The molecule has 2 aromatic rings. The Morgan fingerprint density at radius 1 is 1.17 bits per heavy atom. The van der Waals surface area contributed by atoms with E-state index in [1.54, 1.807) is 11.0 Å². The van der Waals surface area contributed by atoms with Crippen LogP contribution in [-0.2, 0) is 9.59 Å². The number of hydrogen-bond acceptors (Lipinski definition) is 3. The van der Waals surface area contributed by atoms with Crippen LogP contribution in [0.5, 0.6) is 5.75 Å². The second-order valence-corrected chi connectivity index (χ2v) is 8.16. The molecule has 0 aromatic heterocycles. The van der Waals surface area contributed by atoms with Crippen molar-refractivity contribution in [2.75, 3.05) is 11.5 Å². The lowest BCUT2D eigenvalue weighted by Gasteiger charge is -2.39. The van der Waals surface area contributed by atoms with Crippen molar-refractivity contribution in [3.05, 3.63) is 82.5 Å². The number of halogens is 1. The fourth-order valence-corrected chi connectivity index (χ4v) is 4.50. The number of ketones is 1. The lowest BCUT2D eigenvalue weighted by atomic mass is 9.77. The van der Waals surface area contributed by atoms with E-state index in [0.717, 1.165) is 40.3 Å². The maximum Gasteiger partial charge on any atom is 0.232 e. The number of ether oxygens (including phenoxy) is 1. The predicted molar refractivity (Wildman–Crippen MR) is 119 cm³/mol. The molecular formula is C25H24ClNO3. The number of allylic oxidation sites excluding steroid dienone is 2. The van der Waals surface area contributed by atoms with Gasteiger partial charge in [-0.1, -0.05) is 42.5 Å². The van der Waals surface area contributed by atoms with Gasteiger partial charge in [0.05, 0.1) is 5.69 Å². The average molecular weight is 422 g/mol. The second-order valence-electron chi connectivity index (χ2n) is 7.72. The van der Waals surface area contributed by atoms with Gasteiger partial charge in [-0.15, -0.1) is 0 Å². The highest BCUT2D eigenvalue weighted by molar-refractivity contribution is 6.31. The van der Waals surface area contributed by atoms with Crippen molar-refractivity contribution in [2.45, 2.75) is 38.5 Å². The summed E-state index contributed by atoms with van der Waals surface area (Å²) in [5.41, 5.74) is 4.27. The number of benzene rings is 2. The number of carbonyl (C=O) groups is 2. The summed E-state index contributed by atoms with van der Waals surface area (Å²) in [6.07, 6.45) is 3.92. The third-order valence-electron chi connectivity index (χ3n) is 5.74. The minimum atomic E-state index is -0.232. The summed E-state index contributed by atoms with van der Waals surface area (Å²) in [6, 6.07) is 13.2. The molecule has 0 bridgehead atoms. The van der Waals surface area contributed by atoms with Crippen LogP contribution in [0.15, 0.2) is 66.4 Å². The quantitative estimate of drug-likeness (QED) is 0.578. The molecule has 0 fully saturated rings. The zero-order chi connectivity index (χ0) is 21.3. The van der Waals surface area contributed by atoms with E-state index in [2.05, 4.69) is 6.58 Å². The van der Waals surface area contributed by atoms with Gasteiger partial charge in [-0.25, -0.2) is 0 Å². The van der Waals surface area contributed by atoms with Gasteiger partial charge in [-0.2, -0.15) is 0 Å². The largest absolute Gasteiger partial charge is 0.490 e. The van der Waals surface area contributed by atoms with Gasteiger partial charge in [-0.05, 0) is 55.2 Å². The summed E-state index contributed by atoms with van der Waals surface area (Å²) in [5.74, 6) is 0.627. The van der Waals surface area contributed by atoms with Crippen LogP contribution in [0.1, 0.15) is 42.7 Å². The zero-order valence-electron chi connectivity index (χ0n) is 17.0. The first-order valence-electron chi connectivity index (χ1n) is 10.2. The Morgan fingerprint density at radius 2 is 1.93 bits per heavy atom. The maximum atomic E-state index is 13.3. The van der Waals surface area contributed by atoms with Gasteiger partial charge in [0.2, 0.25) is 5.91 Å². The number of Topliss-reactive ketones (excluding diaryl/α,β-unsaturated/α-hetero) is 1. The van der Waals surface area contributed by atoms with Crippen molar-refractivity contribution in [3.63, 3.8) is 0 Å². The highest BCUT2D eigenvalue weighted by atomic mass is 35.5. The highest BCUT2D eigenvalue weighted by Gasteiger charge is 2.40. The number of nitrogens with zero attached hydrogens (tertiary/aromatic N) is 1. The van der Waals surface area contributed by atoms with Gasteiger partial charge >= 0.3 is 0 Å². The molecule has 1 heterocycles. The van der Waals surface area contributed by atoms with Gasteiger partial charge in [-0.3, -0.25) is 14.5 Å². The smallest absolute Gasteiger partial charge is 0.232 e. The van der Waals surface area contributed by atoms with Crippen molar-refractivity contribution < 1.29 is 14.3 Å². The van der Waals surface area contributed by atoms with Crippen LogP contribution in [-0.4, -0.2) is 18.3 Å². The van der Waals surface area contributed by atoms with Crippen molar-refractivity contribution in [3.8, 4) is 5.75 Å². The van der Waals surface area contributed by atoms with Gasteiger partial charge < -0.3 is 4.74 Å². The van der Waals surface area contributed by atoms with Crippen LogP contribution in [0.25, 0.3) is 0 Å². The van der Waals surface area contributed by atoms with E-state index in [0.29, 0.717) is 24.5 Å². The Hall–Kier alpha value is -2.85. The maximum absolute atomic E-state index is 13.3. The summed E-state index contributed by atoms with van der Waals surface area (Å²) in [7, 11) is 0. The average Bonchev–Trinajstić information content (AvgIpc) is 2.74. The molecule has 0 spiro atoms. The first-order valence-corrected chi connectivity index (χ1v) is 10.6. The van der Waals surface area contributed by atoms with Crippen molar-refractivity contribution in [1.82, 2.24) is 0 Å². The molecule has 2 aromatic carbocycles. The first kappa shape index (κ1) is 20.4. The van der Waals surface area contributed by atoms with Crippen LogP contribution in [0.2, 0.25) is 5.02 Å². The molecule has 0 saturated heterocycles. The molecule has 1 aliphatic heterocycles. The molecule has 154 valence electrons. The Labute approximate surface area is 181 Å². The molecular weight excluding hydrogens is 398 g/mol. The van der Waals surface area contributed by atoms with E-state index in [1.165, 1.54) is 0 Å². The molecule has 1 unspecified atom stereocenters. The molecule has 1 atom stereocenters. The van der Waals surface area contributed by atoms with E-state index >= 15 is 0 Å². The van der Waals surface area contributed by atoms with E-state index < -0.39 is 0 Å². The Kier molecular flexibility index (Phi) is 5.78. The molecule has 2 aliphatic rings. The normalized spacial score (nSPS) is 19.0. The molecule has 30 heavy (non-hydrogen) atoms. The third kappa shape index (κ3) is 3.80. The topological polar surface area (TPSA) is 46.6 Å². The van der Waals surface area contributed by atoms with Crippen LogP contribution >= 0.6 is 11.6 Å². The van der Waals surface area contributed by atoms with Gasteiger partial charge in [0, 0.05) is 35.1 Å². The van der Waals surface area contributed by atoms with Crippen molar-refractivity contribution in [1.29, 1.82) is 0 Å². The van der Waals surface area contributed by atoms with Crippen LogP contribution in [0.3, 0.4) is 0 Å². The third-order valence-corrected chi connectivity index (χ3v) is 5.97. The lowest BCUT2D eigenvalue weighted by molar-refractivity contribution is -0.119. The van der Waals surface area contributed by atoms with Gasteiger partial charge in [0.15, 0.2) is 5.78 Å². The minimum Gasteiger partial charge on any atom is -0.490 e. The molecule has 4 rings (SSSR count). The van der Waals surface area contributed by atoms with Crippen LogP contribution < -0.4 is 9.64 Å². The van der Waals surface area contributed by atoms with Gasteiger partial charge in [0.25, 0.3) is 0 Å². The Bertz CT molecular complexity index is 1040. The monoisotopic (exact) mass is 421 g/mol. The molecule has 1 aliphatic carbocycles. The SMILES string of the molecule is C=CCOc1ccc(C2CC(=O)N(c3cc(Cl)ccc3C)C3=C2C(=O)CCC3)cc1. The highest BCUT2D eigenvalue weighted by Crippen LogP contribution is 2.44. The summed E-state index contributed by atoms with van der Waals surface area (Å²) in [6.45, 7) is 6.04. The zero-order valence-corrected chi connectivity index (χ0v) is 17.7. The minimum absolute atomic E-state index is 0.00852. The molecule has 1 amide bonds. The molecule has 5 heteroatoms. The fraction of sp³-hybridized carbons (Fsp3) is 0.280. The second kappa shape index (κ2) is 8.49. The summed E-state index contributed by atoms with van der Waals surface area (Å²) < 4.78 is 5.56. The molecule has 0 radical (unpaired) electrons. The molecule has 0 saturated carbocycles. The summed E-state index contributed by atoms with van der Waals surface area (Å²) in [5, 5.41) is 0.574. The van der Waals surface area contributed by atoms with E-state index in [9.17, 15) is 9.59 Å². The van der Waals surface area contributed by atoms with Gasteiger partial charge in [0.1, 0.15) is 12.4 Å². The first-order chi connectivity index (χ1) is 14.5. The lowest BCUT2D eigenvalue weighted by Crippen LogP contribution is -2.40. The summed E-state index contributed by atoms with van der Waals surface area (Å²) in [4.78, 5) is 28.0. The van der Waals surface area contributed by atoms with E-state index in [1.807, 2.05) is 49.4 Å². The standard InChI is InChI=1S/C25H24ClNO3/c1-3-13-30-19-11-8-17(9-12-19)20-15-24(29)27(21-5-4-6-23(28)25(20)21)22-14-18(26)10-7-16(22)2/h3,7-12,14,20H,1,4-6,13,15H2,2H3. The van der Waals surface area contributed by atoms with E-state index in [4.69, 9.17) is 16.3 Å². The number of anilines is 1. The molecule has 4 nitrogen and oxygen atoms in total. The fourth-order valence-electron chi connectivity index (χ4n) is 4.33. The summed E-state index contributed by atoms with van der Waals surface area (Å²) >= 11 is 6.22. The Morgan fingerprint density at radius 3 is 2.67 bits per heavy atom. The number of aryl methyl sites for hydroxylation is 1. The number of carbonyl (C=O) groups excluding carboxylic acids is 2. The van der Waals surface area contributed by atoms with Crippen LogP contribution in [0, 0.1) is 6.92 Å². The molecule has 0 N–H and O–H groups in total. The van der Waals surface area contributed by atoms with Crippen molar-refractivity contribution in [2.24, 2.45) is 0 Å². The number of hydrogen-bond donors (Lipinski definition) is 0. The van der Waals surface area contributed by atoms with Crippen LogP contribution in [0.4, 0.5) is 5.69 Å². The Balaban J connectivity index is 1.77. The van der Waals surface area contributed by atoms with E-state index in [-0.39, 0.29) is 24.0 Å². The number of rotatable bonds is 5.